The van der Waals surface area contributed by atoms with Crippen LogP contribution in [0.4, 0.5) is 0 Å². The Morgan fingerprint density at radius 3 is 2.33 bits per heavy atom. The zero-order chi connectivity index (χ0) is 28.3. The van der Waals surface area contributed by atoms with Gasteiger partial charge in [0.25, 0.3) is 5.91 Å². The van der Waals surface area contributed by atoms with E-state index in [2.05, 4.69) is 16.5 Å². The molecule has 1 aromatic heterocycles. The summed E-state index contributed by atoms with van der Waals surface area (Å²) in [6.07, 6.45) is 0. The molecule has 39 heavy (non-hydrogen) atoms. The van der Waals surface area contributed by atoms with Gasteiger partial charge in [0.05, 0.1) is 17.2 Å². The number of aromatic hydroxyl groups is 2. The van der Waals surface area contributed by atoms with Gasteiger partial charge in [0, 0.05) is 45.7 Å². The SMILES string of the molecule is CCNC(=O)c1noc(-c2cc(C(C)C)c(O)cc2O)c1-c1ccc(C(C#N)N2CCN(C(C)=O)CC2)cc1. The smallest absolute Gasteiger partial charge is 0.274 e. The molecule has 204 valence electrons. The van der Waals surface area contributed by atoms with Gasteiger partial charge in [-0.25, -0.2) is 0 Å². The normalized spacial score (nSPS) is 14.7. The van der Waals surface area contributed by atoms with Crippen LogP contribution in [-0.2, 0) is 4.79 Å². The van der Waals surface area contributed by atoms with Crippen molar-refractivity contribution >= 4 is 11.8 Å². The van der Waals surface area contributed by atoms with E-state index in [-0.39, 0.29) is 34.8 Å². The van der Waals surface area contributed by atoms with E-state index >= 15 is 0 Å². The summed E-state index contributed by atoms with van der Waals surface area (Å²) < 4.78 is 5.64. The van der Waals surface area contributed by atoms with Crippen LogP contribution in [0, 0.1) is 11.3 Å². The number of hydrogen-bond acceptors (Lipinski definition) is 8. The highest BCUT2D eigenvalue weighted by molar-refractivity contribution is 6.02. The summed E-state index contributed by atoms with van der Waals surface area (Å²) in [7, 11) is 0. The number of piperazine rings is 1. The van der Waals surface area contributed by atoms with Crippen molar-refractivity contribution in [3.8, 4) is 40.0 Å². The Hall–Kier alpha value is -4.36. The Labute approximate surface area is 227 Å². The van der Waals surface area contributed by atoms with Crippen molar-refractivity contribution in [1.29, 1.82) is 5.26 Å². The molecule has 1 aliphatic heterocycles. The molecule has 1 unspecified atom stereocenters. The lowest BCUT2D eigenvalue weighted by atomic mass is 9.93. The van der Waals surface area contributed by atoms with Crippen LogP contribution in [0.3, 0.4) is 0 Å². The van der Waals surface area contributed by atoms with E-state index in [9.17, 15) is 25.1 Å². The zero-order valence-electron chi connectivity index (χ0n) is 22.6. The minimum Gasteiger partial charge on any atom is -0.508 e. The lowest BCUT2D eigenvalue weighted by Gasteiger charge is -2.36. The predicted molar refractivity (Wildman–Crippen MR) is 145 cm³/mol. The fraction of sp³-hybridized carbons (Fsp3) is 0.379. The molecule has 0 spiro atoms. The van der Waals surface area contributed by atoms with Gasteiger partial charge in [-0.1, -0.05) is 43.3 Å². The minimum atomic E-state index is -0.493. The molecule has 0 saturated carbocycles. The van der Waals surface area contributed by atoms with E-state index in [0.717, 1.165) is 5.56 Å². The van der Waals surface area contributed by atoms with Gasteiger partial charge in [-0.05, 0) is 35.6 Å². The van der Waals surface area contributed by atoms with Crippen LogP contribution in [0.25, 0.3) is 22.5 Å². The standard InChI is InChI=1S/C29H33N5O5/c1-5-31-29(38)27-26(28(39-32-27)22-14-21(17(2)3)24(36)15-25(22)37)20-8-6-19(7-9-20)23(16-30)34-12-10-33(11-13-34)18(4)35/h6-9,14-15,17,23,36-37H,5,10-13H2,1-4H3,(H,31,38). The fourth-order valence-electron chi connectivity index (χ4n) is 4.87. The molecule has 1 fully saturated rings. The van der Waals surface area contributed by atoms with E-state index in [1.54, 1.807) is 36.9 Å². The van der Waals surface area contributed by atoms with Crippen molar-refractivity contribution < 1.29 is 24.3 Å². The number of nitrogens with one attached hydrogen (secondary N) is 1. The first kappa shape index (κ1) is 27.7. The number of phenols is 2. The molecule has 1 aliphatic rings. The van der Waals surface area contributed by atoms with E-state index in [1.165, 1.54) is 6.07 Å². The number of phenolic OH excluding ortho intramolecular Hbond substituents is 2. The van der Waals surface area contributed by atoms with Gasteiger partial charge in [0.1, 0.15) is 17.5 Å². The quantitative estimate of drug-likeness (QED) is 0.415. The van der Waals surface area contributed by atoms with E-state index < -0.39 is 11.9 Å². The minimum absolute atomic E-state index is 0.0279. The molecule has 2 heterocycles. The van der Waals surface area contributed by atoms with Crippen molar-refractivity contribution in [1.82, 2.24) is 20.3 Å². The predicted octanol–water partition coefficient (Wildman–Crippen LogP) is 4.02. The van der Waals surface area contributed by atoms with Gasteiger partial charge in [-0.2, -0.15) is 5.26 Å². The fourth-order valence-corrected chi connectivity index (χ4v) is 4.87. The number of nitriles is 1. The lowest BCUT2D eigenvalue weighted by Crippen LogP contribution is -2.48. The molecule has 3 N–H and O–H groups in total. The number of carbonyl (C=O) groups is 2. The highest BCUT2D eigenvalue weighted by atomic mass is 16.5. The monoisotopic (exact) mass is 531 g/mol. The third-order valence-corrected chi connectivity index (χ3v) is 7.02. The number of nitrogens with zero attached hydrogens (tertiary/aromatic N) is 4. The number of aromatic nitrogens is 1. The van der Waals surface area contributed by atoms with Crippen LogP contribution in [0.1, 0.15) is 61.3 Å². The molecule has 10 heteroatoms. The molecule has 4 rings (SSSR count). The molecule has 1 atom stereocenters. The highest BCUT2D eigenvalue weighted by Gasteiger charge is 2.29. The van der Waals surface area contributed by atoms with Crippen LogP contribution in [-0.4, -0.2) is 69.7 Å². The Morgan fingerprint density at radius 1 is 1.10 bits per heavy atom. The first-order valence-corrected chi connectivity index (χ1v) is 13.0. The molecular weight excluding hydrogens is 498 g/mol. The maximum atomic E-state index is 12.9. The summed E-state index contributed by atoms with van der Waals surface area (Å²) in [4.78, 5) is 28.4. The van der Waals surface area contributed by atoms with Gasteiger partial charge in [-0.15, -0.1) is 0 Å². The largest absolute Gasteiger partial charge is 0.508 e. The van der Waals surface area contributed by atoms with Crippen LogP contribution in [0.15, 0.2) is 40.9 Å². The molecule has 2 amide bonds. The van der Waals surface area contributed by atoms with Gasteiger partial charge in [0.2, 0.25) is 5.91 Å². The summed E-state index contributed by atoms with van der Waals surface area (Å²) in [6, 6.07) is 12.0. The van der Waals surface area contributed by atoms with E-state index in [0.29, 0.717) is 55.0 Å². The Morgan fingerprint density at radius 2 is 1.77 bits per heavy atom. The Bertz CT molecular complexity index is 1400. The molecule has 3 aromatic rings. The van der Waals surface area contributed by atoms with E-state index in [1.807, 2.05) is 30.9 Å². The average Bonchev–Trinajstić information content (AvgIpc) is 3.35. The second kappa shape index (κ2) is 11.6. The zero-order valence-corrected chi connectivity index (χ0v) is 22.6. The van der Waals surface area contributed by atoms with Crippen molar-refractivity contribution in [2.24, 2.45) is 0 Å². The number of hydrogen-bond donors (Lipinski definition) is 3. The second-order valence-electron chi connectivity index (χ2n) is 9.87. The van der Waals surface area contributed by atoms with Crippen molar-refractivity contribution in [2.45, 2.75) is 39.7 Å². The average molecular weight is 532 g/mol. The number of benzene rings is 2. The molecule has 10 nitrogen and oxygen atoms in total. The summed E-state index contributed by atoms with van der Waals surface area (Å²) in [5.41, 5.74) is 2.78. The maximum Gasteiger partial charge on any atom is 0.274 e. The van der Waals surface area contributed by atoms with Gasteiger partial charge < -0.3 is 25.0 Å². The first-order valence-electron chi connectivity index (χ1n) is 13.0. The maximum absolute atomic E-state index is 12.9. The third-order valence-electron chi connectivity index (χ3n) is 7.02. The van der Waals surface area contributed by atoms with Crippen molar-refractivity contribution in [2.75, 3.05) is 32.7 Å². The summed E-state index contributed by atoms with van der Waals surface area (Å²) in [5, 5.41) is 37.8. The number of rotatable bonds is 7. The third kappa shape index (κ3) is 5.59. The lowest BCUT2D eigenvalue weighted by molar-refractivity contribution is -0.130. The summed E-state index contributed by atoms with van der Waals surface area (Å²) in [5.74, 6) is -0.471. The topological polar surface area (TPSA) is 143 Å². The van der Waals surface area contributed by atoms with E-state index in [4.69, 9.17) is 4.52 Å². The van der Waals surface area contributed by atoms with Crippen molar-refractivity contribution in [3.63, 3.8) is 0 Å². The molecule has 0 bridgehead atoms. The van der Waals surface area contributed by atoms with Gasteiger partial charge in [0.15, 0.2) is 11.5 Å². The summed E-state index contributed by atoms with van der Waals surface area (Å²) in [6.45, 7) is 9.90. The van der Waals surface area contributed by atoms with Gasteiger partial charge in [-0.3, -0.25) is 14.5 Å². The van der Waals surface area contributed by atoms with Crippen LogP contribution < -0.4 is 5.32 Å². The molecule has 1 saturated heterocycles. The van der Waals surface area contributed by atoms with Crippen LogP contribution >= 0.6 is 0 Å². The number of carbonyl (C=O) groups excluding carboxylic acids is 2. The molecular formula is C29H33N5O5. The van der Waals surface area contributed by atoms with Crippen LogP contribution in [0.2, 0.25) is 0 Å². The highest BCUT2D eigenvalue weighted by Crippen LogP contribution is 2.43. The molecule has 0 radical (unpaired) electrons. The first-order chi connectivity index (χ1) is 18.7. The Balaban J connectivity index is 1.74. The second-order valence-corrected chi connectivity index (χ2v) is 9.87. The van der Waals surface area contributed by atoms with Gasteiger partial charge >= 0.3 is 0 Å². The van der Waals surface area contributed by atoms with Crippen molar-refractivity contribution in [3.05, 3.63) is 53.2 Å². The molecule has 0 aliphatic carbocycles. The molecule has 2 aromatic carbocycles. The summed E-state index contributed by atoms with van der Waals surface area (Å²) >= 11 is 0. The van der Waals surface area contributed by atoms with Crippen LogP contribution in [0.5, 0.6) is 11.5 Å². The Kier molecular flexibility index (Phi) is 8.21. The number of amides is 2.